The van der Waals surface area contributed by atoms with Crippen molar-refractivity contribution in [1.82, 2.24) is 5.32 Å². The Morgan fingerprint density at radius 3 is 2.54 bits per heavy atom. The van der Waals surface area contributed by atoms with Crippen LogP contribution >= 0.6 is 0 Å². The fourth-order valence-electron chi connectivity index (χ4n) is 2.35. The topological polar surface area (TPSA) is 61.8 Å². The molecule has 0 aliphatic carbocycles. The number of aliphatic hydroxyl groups excluding tert-OH is 1. The van der Waals surface area contributed by atoms with E-state index in [0.717, 1.165) is 22.6 Å². The van der Waals surface area contributed by atoms with Crippen LogP contribution < -0.4 is 15.0 Å². The fourth-order valence-corrected chi connectivity index (χ4v) is 2.35. The third-order valence-electron chi connectivity index (χ3n) is 3.79. The van der Waals surface area contributed by atoms with Crippen molar-refractivity contribution in [2.45, 2.75) is 12.5 Å². The molecule has 2 aromatic carbocycles. The molecular weight excluding hydrogens is 304 g/mol. The van der Waals surface area contributed by atoms with Crippen LogP contribution in [0.5, 0.6) is 5.75 Å². The second-order valence-electron chi connectivity index (χ2n) is 5.83. The molecule has 1 atom stereocenters. The third-order valence-corrected chi connectivity index (χ3v) is 3.79. The molecule has 0 spiro atoms. The van der Waals surface area contributed by atoms with Crippen molar-refractivity contribution < 1.29 is 14.6 Å². The molecule has 1 amide bonds. The molecular formula is C19H24N2O3. The van der Waals surface area contributed by atoms with Gasteiger partial charge in [0.1, 0.15) is 5.75 Å². The lowest BCUT2D eigenvalue weighted by Gasteiger charge is -2.16. The number of nitrogens with one attached hydrogen (secondary N) is 1. The van der Waals surface area contributed by atoms with Crippen LogP contribution in [0.15, 0.2) is 48.5 Å². The lowest BCUT2D eigenvalue weighted by atomic mass is 10.1. The van der Waals surface area contributed by atoms with Crippen LogP contribution in [-0.2, 0) is 11.2 Å². The maximum absolute atomic E-state index is 12.0. The van der Waals surface area contributed by atoms with E-state index in [9.17, 15) is 9.90 Å². The number of methoxy groups -OCH3 is 1. The summed E-state index contributed by atoms with van der Waals surface area (Å²) in [6, 6.07) is 15.0. The van der Waals surface area contributed by atoms with Gasteiger partial charge in [0.25, 0.3) is 0 Å². The minimum Gasteiger partial charge on any atom is -0.497 e. The molecule has 0 aliphatic rings. The SMILES string of the molecule is COc1cccc(CC(=O)NCC(O)c2ccc(N(C)C)cc2)c1. The maximum atomic E-state index is 12.0. The minimum absolute atomic E-state index is 0.132. The van der Waals surface area contributed by atoms with E-state index in [0.29, 0.717) is 0 Å². The van der Waals surface area contributed by atoms with Crippen molar-refractivity contribution in [3.8, 4) is 5.75 Å². The molecule has 5 nitrogen and oxygen atoms in total. The number of benzene rings is 2. The quantitative estimate of drug-likeness (QED) is 0.818. The molecule has 5 heteroatoms. The summed E-state index contributed by atoms with van der Waals surface area (Å²) in [6.07, 6.45) is -0.473. The summed E-state index contributed by atoms with van der Waals surface area (Å²) in [7, 11) is 5.52. The summed E-state index contributed by atoms with van der Waals surface area (Å²) in [5, 5.41) is 13.0. The van der Waals surface area contributed by atoms with Gasteiger partial charge in [0.15, 0.2) is 0 Å². The molecule has 2 N–H and O–H groups in total. The van der Waals surface area contributed by atoms with Gasteiger partial charge in [-0.3, -0.25) is 4.79 Å². The van der Waals surface area contributed by atoms with Gasteiger partial charge >= 0.3 is 0 Å². The van der Waals surface area contributed by atoms with E-state index in [1.54, 1.807) is 7.11 Å². The maximum Gasteiger partial charge on any atom is 0.224 e. The second kappa shape index (κ2) is 8.36. The zero-order valence-corrected chi connectivity index (χ0v) is 14.3. The van der Waals surface area contributed by atoms with Crippen molar-refractivity contribution in [2.24, 2.45) is 0 Å². The summed E-state index contributed by atoms with van der Waals surface area (Å²) in [6.45, 7) is 0.185. The van der Waals surface area contributed by atoms with Gasteiger partial charge < -0.3 is 20.1 Å². The molecule has 0 radical (unpaired) electrons. The van der Waals surface area contributed by atoms with E-state index in [-0.39, 0.29) is 18.9 Å². The number of hydrogen-bond donors (Lipinski definition) is 2. The average Bonchev–Trinajstić information content (AvgIpc) is 2.60. The molecule has 1 unspecified atom stereocenters. The normalized spacial score (nSPS) is 11.7. The van der Waals surface area contributed by atoms with Crippen molar-refractivity contribution in [1.29, 1.82) is 0 Å². The highest BCUT2D eigenvalue weighted by atomic mass is 16.5. The molecule has 0 aromatic heterocycles. The Hall–Kier alpha value is -2.53. The summed E-state index contributed by atoms with van der Waals surface area (Å²) in [4.78, 5) is 14.0. The summed E-state index contributed by atoms with van der Waals surface area (Å²) in [5.41, 5.74) is 2.71. The lowest BCUT2D eigenvalue weighted by Crippen LogP contribution is -2.29. The van der Waals surface area contributed by atoms with Crippen LogP contribution in [-0.4, -0.2) is 38.8 Å². The molecule has 0 heterocycles. The third kappa shape index (κ3) is 4.99. The Labute approximate surface area is 142 Å². The first-order chi connectivity index (χ1) is 11.5. The largest absolute Gasteiger partial charge is 0.497 e. The Morgan fingerprint density at radius 2 is 1.92 bits per heavy atom. The van der Waals surface area contributed by atoms with Crippen molar-refractivity contribution >= 4 is 11.6 Å². The molecule has 0 fully saturated rings. The van der Waals surface area contributed by atoms with Gasteiger partial charge in [-0.05, 0) is 35.4 Å². The molecule has 0 saturated carbocycles. The Kier molecular flexibility index (Phi) is 6.21. The first-order valence-electron chi connectivity index (χ1n) is 7.84. The van der Waals surface area contributed by atoms with Gasteiger partial charge in [-0.2, -0.15) is 0 Å². The Balaban J connectivity index is 1.86. The number of aliphatic hydroxyl groups is 1. The van der Waals surface area contributed by atoms with Gasteiger partial charge in [0.2, 0.25) is 5.91 Å². The summed E-state index contributed by atoms with van der Waals surface area (Å²) >= 11 is 0. The van der Waals surface area contributed by atoms with Crippen LogP contribution in [0.1, 0.15) is 17.2 Å². The van der Waals surface area contributed by atoms with Crippen molar-refractivity contribution in [3.63, 3.8) is 0 Å². The number of ether oxygens (including phenoxy) is 1. The van der Waals surface area contributed by atoms with Gasteiger partial charge in [0, 0.05) is 26.3 Å². The summed E-state index contributed by atoms with van der Waals surface area (Å²) < 4.78 is 5.14. The highest BCUT2D eigenvalue weighted by Gasteiger charge is 2.10. The molecule has 0 bridgehead atoms. The van der Waals surface area contributed by atoms with Crippen LogP contribution in [0.2, 0.25) is 0 Å². The Morgan fingerprint density at radius 1 is 1.21 bits per heavy atom. The van der Waals surface area contributed by atoms with Crippen LogP contribution in [0.3, 0.4) is 0 Å². The zero-order chi connectivity index (χ0) is 17.5. The summed E-state index contributed by atoms with van der Waals surface area (Å²) in [5.74, 6) is 0.591. The van der Waals surface area contributed by atoms with E-state index >= 15 is 0 Å². The van der Waals surface area contributed by atoms with Gasteiger partial charge in [0.05, 0.1) is 19.6 Å². The van der Waals surface area contributed by atoms with Crippen LogP contribution in [0, 0.1) is 0 Å². The molecule has 2 rings (SSSR count). The van der Waals surface area contributed by atoms with Gasteiger partial charge in [-0.15, -0.1) is 0 Å². The van der Waals surface area contributed by atoms with Gasteiger partial charge in [-0.1, -0.05) is 24.3 Å². The number of amides is 1. The zero-order valence-electron chi connectivity index (χ0n) is 14.3. The Bertz CT molecular complexity index is 669. The standard InChI is InChI=1S/C19H24N2O3/c1-21(2)16-9-7-15(8-10-16)18(22)13-20-19(23)12-14-5-4-6-17(11-14)24-3/h4-11,18,22H,12-13H2,1-3H3,(H,20,23). The first-order valence-corrected chi connectivity index (χ1v) is 7.84. The van der Waals surface area contributed by atoms with Crippen LogP contribution in [0.25, 0.3) is 0 Å². The molecule has 24 heavy (non-hydrogen) atoms. The van der Waals surface area contributed by atoms with Crippen molar-refractivity contribution in [3.05, 3.63) is 59.7 Å². The van der Waals surface area contributed by atoms with Crippen LogP contribution in [0.4, 0.5) is 5.69 Å². The lowest BCUT2D eigenvalue weighted by molar-refractivity contribution is -0.120. The number of anilines is 1. The molecule has 0 saturated heterocycles. The van der Waals surface area contributed by atoms with E-state index in [2.05, 4.69) is 5.32 Å². The van der Waals surface area contributed by atoms with Crippen molar-refractivity contribution in [2.75, 3.05) is 32.6 Å². The average molecular weight is 328 g/mol. The smallest absolute Gasteiger partial charge is 0.224 e. The number of nitrogens with zero attached hydrogens (tertiary/aromatic N) is 1. The predicted octanol–water partition coefficient (Wildman–Crippen LogP) is 2.15. The molecule has 2 aromatic rings. The monoisotopic (exact) mass is 328 g/mol. The van der Waals surface area contributed by atoms with E-state index in [1.165, 1.54) is 0 Å². The number of carbonyl (C=O) groups excluding carboxylic acids is 1. The second-order valence-corrected chi connectivity index (χ2v) is 5.83. The highest BCUT2D eigenvalue weighted by Crippen LogP contribution is 2.17. The van der Waals surface area contributed by atoms with E-state index in [1.807, 2.05) is 67.5 Å². The van der Waals surface area contributed by atoms with Gasteiger partial charge in [-0.25, -0.2) is 0 Å². The highest BCUT2D eigenvalue weighted by molar-refractivity contribution is 5.78. The van der Waals surface area contributed by atoms with E-state index in [4.69, 9.17) is 4.74 Å². The first kappa shape index (κ1) is 17.8. The molecule has 0 aliphatic heterocycles. The van der Waals surface area contributed by atoms with E-state index < -0.39 is 6.10 Å². The number of rotatable bonds is 7. The predicted molar refractivity (Wildman–Crippen MR) is 95.4 cm³/mol. The fraction of sp³-hybridized carbons (Fsp3) is 0.316. The minimum atomic E-state index is -0.726. The number of carbonyl (C=O) groups is 1. The number of hydrogen-bond acceptors (Lipinski definition) is 4. The molecule has 128 valence electrons.